The molecule has 1 N–H and O–H groups in total. The highest BCUT2D eigenvalue weighted by molar-refractivity contribution is 7.98. The van der Waals surface area contributed by atoms with Gasteiger partial charge in [-0.25, -0.2) is 4.79 Å². The van der Waals surface area contributed by atoms with Crippen LogP contribution >= 0.6 is 23.1 Å². The molecule has 17 heavy (non-hydrogen) atoms. The molecule has 0 unspecified atom stereocenters. The van der Waals surface area contributed by atoms with E-state index in [0.717, 1.165) is 21.9 Å². The third kappa shape index (κ3) is 3.08. The molecule has 0 atom stereocenters. The summed E-state index contributed by atoms with van der Waals surface area (Å²) >= 11 is 2.87. The van der Waals surface area contributed by atoms with E-state index in [1.54, 1.807) is 24.0 Å². The van der Waals surface area contributed by atoms with E-state index < -0.39 is 5.97 Å². The van der Waals surface area contributed by atoms with Crippen molar-refractivity contribution in [3.8, 4) is 0 Å². The van der Waals surface area contributed by atoms with Crippen molar-refractivity contribution in [1.82, 2.24) is 4.98 Å². The van der Waals surface area contributed by atoms with Crippen LogP contribution in [0.4, 0.5) is 0 Å². The van der Waals surface area contributed by atoms with Gasteiger partial charge in [0, 0.05) is 22.2 Å². The van der Waals surface area contributed by atoms with Crippen LogP contribution in [0.1, 0.15) is 20.9 Å². The molecular formula is C12H11NO2S2. The molecule has 0 amide bonds. The number of carboxylic acids is 1. The van der Waals surface area contributed by atoms with Crippen molar-refractivity contribution in [2.45, 2.75) is 17.6 Å². The minimum absolute atomic E-state index is 0.380. The first-order chi connectivity index (χ1) is 8.16. The number of carbonyl (C=O) groups is 1. The maximum atomic E-state index is 10.7. The summed E-state index contributed by atoms with van der Waals surface area (Å²) in [5.41, 5.74) is 2.20. The summed E-state index contributed by atoms with van der Waals surface area (Å²) in [6.07, 6.45) is 1.78. The van der Waals surface area contributed by atoms with Crippen molar-refractivity contribution in [2.75, 3.05) is 0 Å². The van der Waals surface area contributed by atoms with Crippen LogP contribution < -0.4 is 0 Å². The lowest BCUT2D eigenvalue weighted by Gasteiger charge is -2.02. The van der Waals surface area contributed by atoms with E-state index in [2.05, 4.69) is 4.98 Å². The van der Waals surface area contributed by atoms with Crippen LogP contribution in [-0.2, 0) is 5.75 Å². The average Bonchev–Trinajstić information content (AvgIpc) is 2.77. The topological polar surface area (TPSA) is 50.2 Å². The Labute approximate surface area is 108 Å². The largest absolute Gasteiger partial charge is 0.477 e. The van der Waals surface area contributed by atoms with Gasteiger partial charge >= 0.3 is 5.97 Å². The fourth-order valence-electron chi connectivity index (χ4n) is 1.33. The van der Waals surface area contributed by atoms with Gasteiger partial charge in [-0.15, -0.1) is 23.1 Å². The van der Waals surface area contributed by atoms with Gasteiger partial charge in [0.2, 0.25) is 0 Å². The van der Waals surface area contributed by atoms with Gasteiger partial charge in [0.1, 0.15) is 4.88 Å². The molecule has 2 rings (SSSR count). The number of carboxylic acid groups (broad SMARTS) is 1. The molecule has 2 aromatic rings. The van der Waals surface area contributed by atoms with Gasteiger partial charge in [0.05, 0.1) is 5.69 Å². The second-order valence-electron chi connectivity index (χ2n) is 3.51. The number of thioether (sulfide) groups is 1. The van der Waals surface area contributed by atoms with Crippen molar-refractivity contribution < 1.29 is 9.90 Å². The van der Waals surface area contributed by atoms with Crippen LogP contribution in [-0.4, -0.2) is 16.1 Å². The molecule has 2 heterocycles. The van der Waals surface area contributed by atoms with E-state index >= 15 is 0 Å². The first kappa shape index (κ1) is 12.1. The molecule has 0 aliphatic rings. The number of aromatic nitrogens is 1. The van der Waals surface area contributed by atoms with Crippen molar-refractivity contribution >= 4 is 29.1 Å². The summed E-state index contributed by atoms with van der Waals surface area (Å²) in [6, 6.07) is 5.64. The molecule has 0 aromatic carbocycles. The molecule has 88 valence electrons. The van der Waals surface area contributed by atoms with Crippen LogP contribution in [0.15, 0.2) is 34.7 Å². The summed E-state index contributed by atoms with van der Waals surface area (Å²) in [4.78, 5) is 16.4. The van der Waals surface area contributed by atoms with Gasteiger partial charge in [-0.05, 0) is 24.6 Å². The van der Waals surface area contributed by atoms with Gasteiger partial charge in [0.15, 0.2) is 0 Å². The molecule has 0 bridgehead atoms. The summed E-state index contributed by atoms with van der Waals surface area (Å²) in [7, 11) is 0. The second kappa shape index (κ2) is 5.33. The third-order valence-corrected chi connectivity index (χ3v) is 4.33. The highest BCUT2D eigenvalue weighted by atomic mass is 32.2. The van der Waals surface area contributed by atoms with E-state index in [9.17, 15) is 4.79 Å². The first-order valence-electron chi connectivity index (χ1n) is 5.02. The minimum atomic E-state index is -0.865. The zero-order valence-corrected chi connectivity index (χ0v) is 10.8. The highest BCUT2D eigenvalue weighted by Crippen LogP contribution is 2.27. The van der Waals surface area contributed by atoms with Crippen molar-refractivity contribution in [3.05, 3.63) is 45.9 Å². The maximum absolute atomic E-state index is 10.7. The molecule has 5 heteroatoms. The number of nitrogens with zero attached hydrogens (tertiary/aromatic N) is 1. The molecule has 0 aliphatic heterocycles. The van der Waals surface area contributed by atoms with E-state index in [0.29, 0.717) is 4.88 Å². The number of aromatic carboxylic acids is 1. The van der Waals surface area contributed by atoms with Crippen LogP contribution in [0, 0.1) is 6.92 Å². The highest BCUT2D eigenvalue weighted by Gasteiger charge is 2.07. The third-order valence-electron chi connectivity index (χ3n) is 2.28. The summed E-state index contributed by atoms with van der Waals surface area (Å²) in [6.45, 7) is 2.03. The van der Waals surface area contributed by atoms with Gasteiger partial charge in [0.25, 0.3) is 0 Å². The molecule has 2 aromatic heterocycles. The number of pyridine rings is 1. The Kier molecular flexibility index (Phi) is 3.81. The minimum Gasteiger partial charge on any atom is -0.477 e. The number of hydrogen-bond acceptors (Lipinski definition) is 4. The molecule has 0 radical (unpaired) electrons. The van der Waals surface area contributed by atoms with Gasteiger partial charge in [-0.3, -0.25) is 4.98 Å². The lowest BCUT2D eigenvalue weighted by atomic mass is 10.2. The number of rotatable bonds is 4. The van der Waals surface area contributed by atoms with Crippen LogP contribution in [0.3, 0.4) is 0 Å². The Balaban J connectivity index is 2.02. The van der Waals surface area contributed by atoms with Gasteiger partial charge in [-0.2, -0.15) is 0 Å². The van der Waals surface area contributed by atoms with E-state index in [-0.39, 0.29) is 0 Å². The SMILES string of the molecule is Cc1cccnc1CSc1csc(C(=O)O)c1. The normalized spacial score (nSPS) is 10.4. The summed E-state index contributed by atoms with van der Waals surface area (Å²) < 4.78 is 0. The van der Waals surface area contributed by atoms with Crippen LogP contribution in [0.25, 0.3) is 0 Å². The average molecular weight is 265 g/mol. The first-order valence-corrected chi connectivity index (χ1v) is 6.88. The molecule has 0 aliphatic carbocycles. The summed E-state index contributed by atoms with van der Waals surface area (Å²) in [5.74, 6) is -0.0986. The molecule has 0 spiro atoms. The van der Waals surface area contributed by atoms with Gasteiger partial charge < -0.3 is 5.11 Å². The zero-order valence-electron chi connectivity index (χ0n) is 9.21. The van der Waals surface area contributed by atoms with Crippen molar-refractivity contribution in [2.24, 2.45) is 0 Å². The molecule has 0 saturated heterocycles. The Bertz CT molecular complexity index is 537. The monoisotopic (exact) mass is 265 g/mol. The zero-order chi connectivity index (χ0) is 12.3. The fraction of sp³-hybridized carbons (Fsp3) is 0.167. The van der Waals surface area contributed by atoms with Crippen LogP contribution in [0.2, 0.25) is 0 Å². The molecule has 0 saturated carbocycles. The van der Waals surface area contributed by atoms with Crippen LogP contribution in [0.5, 0.6) is 0 Å². The number of aryl methyl sites for hydroxylation is 1. The second-order valence-corrected chi connectivity index (χ2v) is 5.47. The standard InChI is InChI=1S/C12H11NO2S2/c1-8-3-2-4-13-10(8)7-16-9-5-11(12(14)15)17-6-9/h2-6H,7H2,1H3,(H,14,15). The quantitative estimate of drug-likeness (QED) is 0.860. The Morgan fingerprint density at radius 2 is 2.41 bits per heavy atom. The number of thiophene rings is 1. The lowest BCUT2D eigenvalue weighted by molar-refractivity contribution is 0.0702. The molecule has 3 nitrogen and oxygen atoms in total. The van der Waals surface area contributed by atoms with Crippen molar-refractivity contribution in [1.29, 1.82) is 0 Å². The predicted octanol–water partition coefficient (Wildman–Crippen LogP) is 3.44. The van der Waals surface area contributed by atoms with E-state index in [4.69, 9.17) is 5.11 Å². The summed E-state index contributed by atoms with van der Waals surface area (Å²) in [5, 5.41) is 10.7. The smallest absolute Gasteiger partial charge is 0.345 e. The van der Waals surface area contributed by atoms with E-state index in [1.165, 1.54) is 11.3 Å². The van der Waals surface area contributed by atoms with Gasteiger partial charge in [-0.1, -0.05) is 6.07 Å². The van der Waals surface area contributed by atoms with E-state index in [1.807, 2.05) is 24.4 Å². The lowest BCUT2D eigenvalue weighted by Crippen LogP contribution is -1.91. The Morgan fingerprint density at radius 1 is 1.59 bits per heavy atom. The Hall–Kier alpha value is -1.33. The fourth-order valence-corrected chi connectivity index (χ4v) is 3.23. The van der Waals surface area contributed by atoms with Crippen molar-refractivity contribution in [3.63, 3.8) is 0 Å². The Morgan fingerprint density at radius 3 is 3.06 bits per heavy atom. The maximum Gasteiger partial charge on any atom is 0.345 e. The number of hydrogen-bond donors (Lipinski definition) is 1. The molecule has 0 fully saturated rings. The molecular weight excluding hydrogens is 254 g/mol. The predicted molar refractivity (Wildman–Crippen MR) is 69.8 cm³/mol.